The van der Waals surface area contributed by atoms with Crippen LogP contribution in [0.2, 0.25) is 0 Å². The van der Waals surface area contributed by atoms with Crippen LogP contribution in [0.1, 0.15) is 18.1 Å². The van der Waals surface area contributed by atoms with Gasteiger partial charge in [-0.3, -0.25) is 15.4 Å². The van der Waals surface area contributed by atoms with E-state index >= 15 is 0 Å². The van der Waals surface area contributed by atoms with Crippen molar-refractivity contribution in [2.75, 3.05) is 0 Å². The van der Waals surface area contributed by atoms with Crippen LogP contribution >= 0.6 is 0 Å². The van der Waals surface area contributed by atoms with Gasteiger partial charge in [-0.05, 0) is 25.1 Å². The van der Waals surface area contributed by atoms with E-state index in [1.165, 1.54) is 0 Å². The molecule has 4 nitrogen and oxygen atoms in total. The van der Waals surface area contributed by atoms with Gasteiger partial charge in [-0.25, -0.2) is 0 Å². The third-order valence-electron chi connectivity index (χ3n) is 2.45. The summed E-state index contributed by atoms with van der Waals surface area (Å²) in [5, 5.41) is 4.27. The Labute approximate surface area is 106 Å². The largest absolute Gasteiger partial charge is 0.278 e. The highest BCUT2D eigenvalue weighted by molar-refractivity contribution is 5.98. The van der Waals surface area contributed by atoms with Crippen LogP contribution in [-0.2, 0) is 0 Å². The second kappa shape index (κ2) is 5.72. The van der Waals surface area contributed by atoms with Crippen molar-refractivity contribution in [3.8, 4) is 0 Å². The Balaban J connectivity index is 2.05. The topological polar surface area (TPSA) is 50.2 Å². The van der Waals surface area contributed by atoms with E-state index in [1.807, 2.05) is 31.2 Å². The van der Waals surface area contributed by atoms with Crippen molar-refractivity contribution in [2.24, 2.45) is 5.10 Å². The van der Waals surface area contributed by atoms with Crippen LogP contribution < -0.4 is 5.43 Å². The fourth-order valence-corrected chi connectivity index (χ4v) is 1.40. The zero-order valence-electron chi connectivity index (χ0n) is 10.2. The molecule has 0 unspecified atom stereocenters. The summed E-state index contributed by atoms with van der Waals surface area (Å²) in [5.41, 5.74) is 6.38. The number of pyridine rings is 2. The maximum atomic E-state index is 4.27. The lowest BCUT2D eigenvalue weighted by Crippen LogP contribution is -2.08. The predicted molar refractivity (Wildman–Crippen MR) is 72.9 cm³/mol. The Kier molecular flexibility index (Phi) is 3.81. The predicted octanol–water partition coefficient (Wildman–Crippen LogP) is 2.46. The maximum Gasteiger partial charge on any atom is 0.0663 e. The Morgan fingerprint density at radius 2 is 1.72 bits per heavy atom. The standard InChI is InChI=1S/C14H14N4/c1-11(13-5-3-7-15-9-13)17-18-12(2)14-6-4-8-16-10-14/h3-10,17H,1H2,2H3. The van der Waals surface area contributed by atoms with Gasteiger partial charge in [-0.15, -0.1) is 0 Å². The molecule has 0 bridgehead atoms. The van der Waals surface area contributed by atoms with Crippen molar-refractivity contribution in [3.63, 3.8) is 0 Å². The van der Waals surface area contributed by atoms with Gasteiger partial charge in [0, 0.05) is 35.9 Å². The summed E-state index contributed by atoms with van der Waals surface area (Å²) < 4.78 is 0. The quantitative estimate of drug-likeness (QED) is 0.657. The number of aromatic nitrogens is 2. The van der Waals surface area contributed by atoms with Crippen molar-refractivity contribution < 1.29 is 0 Å². The highest BCUT2D eigenvalue weighted by Gasteiger charge is 1.98. The van der Waals surface area contributed by atoms with Crippen LogP contribution in [0.3, 0.4) is 0 Å². The molecule has 2 aromatic rings. The summed E-state index contributed by atoms with van der Waals surface area (Å²) in [6.07, 6.45) is 6.97. The van der Waals surface area contributed by atoms with Crippen molar-refractivity contribution in [1.82, 2.24) is 15.4 Å². The van der Waals surface area contributed by atoms with Gasteiger partial charge >= 0.3 is 0 Å². The lowest BCUT2D eigenvalue weighted by atomic mass is 10.2. The summed E-state index contributed by atoms with van der Waals surface area (Å²) in [6, 6.07) is 7.63. The van der Waals surface area contributed by atoms with Crippen molar-refractivity contribution in [2.45, 2.75) is 6.92 Å². The molecule has 4 heteroatoms. The van der Waals surface area contributed by atoms with Crippen LogP contribution in [0, 0.1) is 0 Å². The third kappa shape index (κ3) is 3.01. The molecule has 0 aliphatic carbocycles. The highest BCUT2D eigenvalue weighted by Crippen LogP contribution is 2.07. The molecule has 0 spiro atoms. The Bertz CT molecular complexity index is 547. The third-order valence-corrected chi connectivity index (χ3v) is 2.45. The van der Waals surface area contributed by atoms with Gasteiger partial charge < -0.3 is 0 Å². The molecule has 0 saturated carbocycles. The molecule has 2 rings (SSSR count). The molecule has 0 saturated heterocycles. The minimum absolute atomic E-state index is 0.714. The van der Waals surface area contributed by atoms with Crippen LogP contribution in [0.15, 0.2) is 60.7 Å². The van der Waals surface area contributed by atoms with Gasteiger partial charge in [0.1, 0.15) is 0 Å². The summed E-state index contributed by atoms with van der Waals surface area (Å²) in [6.45, 7) is 5.83. The van der Waals surface area contributed by atoms with E-state index in [-0.39, 0.29) is 0 Å². The highest BCUT2D eigenvalue weighted by atomic mass is 15.3. The second-order valence-electron chi connectivity index (χ2n) is 3.77. The first-order chi connectivity index (χ1) is 8.77. The fraction of sp³-hybridized carbons (Fsp3) is 0.0714. The molecule has 2 heterocycles. The van der Waals surface area contributed by atoms with E-state index in [9.17, 15) is 0 Å². The molecule has 1 N–H and O–H groups in total. The monoisotopic (exact) mass is 238 g/mol. The molecule has 18 heavy (non-hydrogen) atoms. The molecule has 0 atom stereocenters. The Hall–Kier alpha value is -2.49. The minimum atomic E-state index is 0.714. The molecule has 0 aliphatic rings. The SMILES string of the molecule is C=C(NN=C(C)c1cccnc1)c1cccnc1. The van der Waals surface area contributed by atoms with Crippen molar-refractivity contribution >= 4 is 11.4 Å². The van der Waals surface area contributed by atoms with E-state index in [0.29, 0.717) is 5.70 Å². The van der Waals surface area contributed by atoms with Crippen LogP contribution in [-0.4, -0.2) is 15.7 Å². The molecule has 0 aliphatic heterocycles. The second-order valence-corrected chi connectivity index (χ2v) is 3.77. The molecule has 0 fully saturated rings. The van der Waals surface area contributed by atoms with Crippen LogP contribution in [0.4, 0.5) is 0 Å². The van der Waals surface area contributed by atoms with Crippen molar-refractivity contribution in [3.05, 3.63) is 66.8 Å². The lowest BCUT2D eigenvalue weighted by molar-refractivity contribution is 0.988. The molecule has 0 aromatic carbocycles. The Morgan fingerprint density at radius 1 is 1.11 bits per heavy atom. The molecule has 90 valence electrons. The van der Waals surface area contributed by atoms with Crippen LogP contribution in [0.5, 0.6) is 0 Å². The van der Waals surface area contributed by atoms with E-state index < -0.39 is 0 Å². The molecular formula is C14H14N4. The maximum absolute atomic E-state index is 4.27. The van der Waals surface area contributed by atoms with Crippen LogP contribution in [0.25, 0.3) is 5.70 Å². The minimum Gasteiger partial charge on any atom is -0.278 e. The summed E-state index contributed by atoms with van der Waals surface area (Å²) >= 11 is 0. The Morgan fingerprint density at radius 3 is 2.28 bits per heavy atom. The van der Waals surface area contributed by atoms with Gasteiger partial charge in [-0.2, -0.15) is 5.10 Å². The lowest BCUT2D eigenvalue weighted by Gasteiger charge is -2.05. The fourth-order valence-electron chi connectivity index (χ4n) is 1.40. The van der Waals surface area contributed by atoms with Crippen molar-refractivity contribution in [1.29, 1.82) is 0 Å². The van der Waals surface area contributed by atoms with Gasteiger partial charge in [0.25, 0.3) is 0 Å². The average Bonchev–Trinajstić information content (AvgIpc) is 2.46. The van der Waals surface area contributed by atoms with Gasteiger partial charge in [0.05, 0.1) is 11.4 Å². The summed E-state index contributed by atoms with van der Waals surface area (Å²) in [4.78, 5) is 8.08. The molecule has 2 aromatic heterocycles. The smallest absolute Gasteiger partial charge is 0.0663 e. The number of rotatable bonds is 4. The van der Waals surface area contributed by atoms with E-state index in [1.54, 1.807) is 24.8 Å². The zero-order chi connectivity index (χ0) is 12.8. The van der Waals surface area contributed by atoms with Gasteiger partial charge in [0.15, 0.2) is 0 Å². The van der Waals surface area contributed by atoms with E-state index in [0.717, 1.165) is 16.8 Å². The number of hydrazone groups is 1. The zero-order valence-corrected chi connectivity index (χ0v) is 10.2. The summed E-state index contributed by atoms with van der Waals surface area (Å²) in [7, 11) is 0. The number of nitrogens with zero attached hydrogens (tertiary/aromatic N) is 3. The van der Waals surface area contributed by atoms with E-state index in [2.05, 4.69) is 27.1 Å². The first-order valence-electron chi connectivity index (χ1n) is 5.57. The number of hydrogen-bond acceptors (Lipinski definition) is 4. The molecule has 0 radical (unpaired) electrons. The molecule has 0 amide bonds. The van der Waals surface area contributed by atoms with E-state index in [4.69, 9.17) is 0 Å². The van der Waals surface area contributed by atoms with Gasteiger partial charge in [-0.1, -0.05) is 12.6 Å². The first kappa shape index (κ1) is 12.0. The normalized spacial score (nSPS) is 11.1. The number of nitrogens with one attached hydrogen (secondary N) is 1. The average molecular weight is 238 g/mol. The first-order valence-corrected chi connectivity index (χ1v) is 5.57. The summed E-state index contributed by atoms with van der Waals surface area (Å²) in [5.74, 6) is 0. The van der Waals surface area contributed by atoms with Gasteiger partial charge in [0.2, 0.25) is 0 Å². The molecular weight excluding hydrogens is 224 g/mol. The number of hydrogen-bond donors (Lipinski definition) is 1.